The Labute approximate surface area is 203 Å². The summed E-state index contributed by atoms with van der Waals surface area (Å²) in [6.45, 7) is 9.31. The fourth-order valence-electron chi connectivity index (χ4n) is 4.79. The average molecular weight is 483 g/mol. The van der Waals surface area contributed by atoms with E-state index in [1.54, 1.807) is 12.1 Å². The molecule has 2 aromatic heterocycles. The number of nitrogens with one attached hydrogen (secondary N) is 2. The van der Waals surface area contributed by atoms with Gasteiger partial charge in [-0.25, -0.2) is 4.98 Å². The van der Waals surface area contributed by atoms with Crippen LogP contribution in [0.1, 0.15) is 40.5 Å². The van der Waals surface area contributed by atoms with E-state index >= 15 is 0 Å². The first kappa shape index (κ1) is 24.4. The van der Waals surface area contributed by atoms with Crippen molar-refractivity contribution in [1.82, 2.24) is 9.97 Å². The van der Waals surface area contributed by atoms with Gasteiger partial charge in [0.2, 0.25) is 5.95 Å². The number of carbonyl (C=O) groups is 1. The summed E-state index contributed by atoms with van der Waals surface area (Å²) in [4.78, 5) is 34.4. The molecule has 0 amide bonds. The monoisotopic (exact) mass is 482 g/mol. The minimum Gasteiger partial charge on any atom is -0.377 e. The van der Waals surface area contributed by atoms with Gasteiger partial charge in [-0.05, 0) is 64.8 Å². The molecule has 0 aliphatic carbocycles. The lowest BCUT2D eigenvalue weighted by Crippen LogP contribution is -2.51. The van der Waals surface area contributed by atoms with Gasteiger partial charge in [0, 0.05) is 47.7 Å². The maximum atomic E-state index is 14.2. The van der Waals surface area contributed by atoms with E-state index in [2.05, 4.69) is 20.2 Å². The van der Waals surface area contributed by atoms with Crippen LogP contribution in [0.25, 0.3) is 10.9 Å². The fraction of sp³-hybridized carbons (Fsp3) is 0.440. The second kappa shape index (κ2) is 9.52. The molecule has 3 aromatic rings. The quantitative estimate of drug-likeness (QED) is 0.214. The molecule has 0 radical (unpaired) electrons. The van der Waals surface area contributed by atoms with Gasteiger partial charge >= 0.3 is 0 Å². The molecule has 2 unspecified atom stereocenters. The molecule has 2 N–H and O–H groups in total. The van der Waals surface area contributed by atoms with Crippen LogP contribution in [0.4, 0.5) is 27.4 Å². The first-order valence-electron chi connectivity index (χ1n) is 11.8. The minimum atomic E-state index is -0.547. The summed E-state index contributed by atoms with van der Waals surface area (Å²) in [6.07, 6.45) is 2.21. The van der Waals surface area contributed by atoms with E-state index in [0.29, 0.717) is 25.3 Å². The van der Waals surface area contributed by atoms with Crippen LogP contribution in [0.3, 0.4) is 0 Å². The highest BCUT2D eigenvalue weighted by Crippen LogP contribution is 2.34. The lowest BCUT2D eigenvalue weighted by atomic mass is 9.96. The fourth-order valence-corrected chi connectivity index (χ4v) is 4.79. The van der Waals surface area contributed by atoms with E-state index in [1.807, 2.05) is 38.7 Å². The maximum absolute atomic E-state index is 14.2. The number of halogens is 1. The zero-order chi connectivity index (χ0) is 25.3. The van der Waals surface area contributed by atoms with E-state index in [-0.39, 0.29) is 17.3 Å². The normalized spacial score (nSPS) is 18.5. The van der Waals surface area contributed by atoms with Gasteiger partial charge in [0.15, 0.2) is 5.82 Å². The van der Waals surface area contributed by atoms with Crippen LogP contribution in [0.5, 0.6) is 0 Å². The Morgan fingerprint density at radius 3 is 2.74 bits per heavy atom. The molecule has 0 saturated carbocycles. The van der Waals surface area contributed by atoms with Crippen LogP contribution in [0.2, 0.25) is 0 Å². The standard InChI is InChI=1S/C25H31FN6O3/c1-5-30(24-21(29-25(2,3)4)8-9-22(26)28-24)17-10-11-31(19(14-17)15-33)23-13-16-12-18(32(34)35)6-7-20(16)27-23/h6-9,12-13,15,17,19,27,29H,5,10-11,14H2,1-4H3. The van der Waals surface area contributed by atoms with Crippen molar-refractivity contribution >= 4 is 40.2 Å². The van der Waals surface area contributed by atoms with Crippen molar-refractivity contribution in [2.45, 2.75) is 58.2 Å². The second-order valence-electron chi connectivity index (χ2n) is 9.92. The molecule has 1 aliphatic rings. The average Bonchev–Trinajstić information content (AvgIpc) is 3.23. The Balaban J connectivity index is 1.59. The third-order valence-corrected chi connectivity index (χ3v) is 6.29. The summed E-state index contributed by atoms with van der Waals surface area (Å²) < 4.78 is 14.2. The number of nitrogens with zero attached hydrogens (tertiary/aromatic N) is 4. The van der Waals surface area contributed by atoms with Crippen LogP contribution in [0.15, 0.2) is 36.4 Å². The molecule has 3 heterocycles. The predicted molar refractivity (Wildman–Crippen MR) is 136 cm³/mol. The summed E-state index contributed by atoms with van der Waals surface area (Å²) in [6, 6.07) is 9.15. The molecule has 1 fully saturated rings. The molecule has 10 heteroatoms. The Morgan fingerprint density at radius 2 is 2.09 bits per heavy atom. The first-order valence-corrected chi connectivity index (χ1v) is 11.8. The van der Waals surface area contributed by atoms with Gasteiger partial charge in [0.1, 0.15) is 12.1 Å². The zero-order valence-electron chi connectivity index (χ0n) is 20.4. The maximum Gasteiger partial charge on any atom is 0.270 e. The molecule has 4 rings (SSSR count). The molecular weight excluding hydrogens is 451 g/mol. The number of pyridine rings is 1. The number of carbonyl (C=O) groups excluding carboxylic acids is 1. The number of piperidine rings is 1. The lowest BCUT2D eigenvalue weighted by molar-refractivity contribution is -0.384. The number of nitro benzene ring substituents is 1. The number of aromatic amines is 1. The minimum absolute atomic E-state index is 0.00765. The highest BCUT2D eigenvalue weighted by atomic mass is 19.1. The van der Waals surface area contributed by atoms with Gasteiger partial charge in [-0.2, -0.15) is 4.39 Å². The second-order valence-corrected chi connectivity index (χ2v) is 9.92. The summed E-state index contributed by atoms with van der Waals surface area (Å²) >= 11 is 0. The zero-order valence-corrected chi connectivity index (χ0v) is 20.4. The van der Waals surface area contributed by atoms with Gasteiger partial charge in [-0.3, -0.25) is 10.1 Å². The number of aldehydes is 1. The lowest BCUT2D eigenvalue weighted by Gasteiger charge is -2.43. The number of nitro groups is 1. The van der Waals surface area contributed by atoms with Gasteiger partial charge in [0.25, 0.3) is 5.69 Å². The van der Waals surface area contributed by atoms with Crippen molar-refractivity contribution in [3.8, 4) is 0 Å². The summed E-state index contributed by atoms with van der Waals surface area (Å²) in [7, 11) is 0. The first-order chi connectivity index (χ1) is 16.6. The predicted octanol–water partition coefficient (Wildman–Crippen LogP) is 4.88. The SMILES string of the molecule is CCN(c1nc(F)ccc1NC(C)(C)C)C1CCN(c2cc3cc([N+](=O)[O-])ccc3[nH]2)C(C=O)C1. The van der Waals surface area contributed by atoms with Gasteiger partial charge in [-0.15, -0.1) is 0 Å². The highest BCUT2D eigenvalue weighted by Gasteiger charge is 2.34. The molecule has 35 heavy (non-hydrogen) atoms. The van der Waals surface area contributed by atoms with Crippen molar-refractivity contribution in [2.75, 3.05) is 28.2 Å². The summed E-state index contributed by atoms with van der Waals surface area (Å²) in [5.74, 6) is 0.746. The highest BCUT2D eigenvalue weighted by molar-refractivity contribution is 5.86. The van der Waals surface area contributed by atoms with Crippen molar-refractivity contribution < 1.29 is 14.1 Å². The number of hydrogen-bond donors (Lipinski definition) is 2. The van der Waals surface area contributed by atoms with E-state index in [4.69, 9.17) is 0 Å². The van der Waals surface area contributed by atoms with Gasteiger partial charge in [0.05, 0.1) is 16.7 Å². The van der Waals surface area contributed by atoms with Crippen LogP contribution in [0, 0.1) is 16.1 Å². The number of aromatic nitrogens is 2. The summed E-state index contributed by atoms with van der Waals surface area (Å²) in [5, 5.41) is 15.3. The number of rotatable bonds is 7. The van der Waals surface area contributed by atoms with E-state index < -0.39 is 16.9 Å². The number of anilines is 3. The van der Waals surface area contributed by atoms with Crippen molar-refractivity contribution in [3.63, 3.8) is 0 Å². The number of hydrogen-bond acceptors (Lipinski definition) is 7. The molecule has 9 nitrogen and oxygen atoms in total. The molecule has 1 saturated heterocycles. The van der Waals surface area contributed by atoms with Gasteiger partial charge in [-0.1, -0.05) is 0 Å². The topological polar surface area (TPSA) is 107 Å². The number of H-pyrrole nitrogens is 1. The van der Waals surface area contributed by atoms with Crippen molar-refractivity contribution in [3.05, 3.63) is 52.5 Å². The van der Waals surface area contributed by atoms with Crippen molar-refractivity contribution in [2.24, 2.45) is 0 Å². The smallest absolute Gasteiger partial charge is 0.270 e. The molecule has 2 atom stereocenters. The largest absolute Gasteiger partial charge is 0.377 e. The molecular formula is C25H31FN6O3. The van der Waals surface area contributed by atoms with Crippen LogP contribution in [-0.2, 0) is 4.79 Å². The molecule has 1 aliphatic heterocycles. The Hall–Kier alpha value is -3.69. The number of benzene rings is 1. The Morgan fingerprint density at radius 1 is 1.31 bits per heavy atom. The van der Waals surface area contributed by atoms with Crippen LogP contribution in [-0.4, -0.2) is 51.9 Å². The molecule has 0 spiro atoms. The van der Waals surface area contributed by atoms with E-state index in [1.165, 1.54) is 18.2 Å². The van der Waals surface area contributed by atoms with Crippen LogP contribution < -0.4 is 15.1 Å². The third-order valence-electron chi connectivity index (χ3n) is 6.29. The molecule has 1 aromatic carbocycles. The van der Waals surface area contributed by atoms with E-state index in [0.717, 1.165) is 35.1 Å². The Bertz CT molecular complexity index is 1240. The number of fused-ring (bicyclic) bond motifs is 1. The third kappa shape index (κ3) is 5.21. The summed E-state index contributed by atoms with van der Waals surface area (Å²) in [5.41, 5.74) is 1.32. The molecule has 0 bridgehead atoms. The Kier molecular flexibility index (Phi) is 6.64. The van der Waals surface area contributed by atoms with E-state index in [9.17, 15) is 19.3 Å². The molecule has 186 valence electrons. The number of non-ortho nitro benzene ring substituents is 1. The van der Waals surface area contributed by atoms with Gasteiger partial charge < -0.3 is 24.9 Å². The van der Waals surface area contributed by atoms with Crippen LogP contribution >= 0.6 is 0 Å². The van der Waals surface area contributed by atoms with Crippen molar-refractivity contribution in [1.29, 1.82) is 0 Å².